The summed E-state index contributed by atoms with van der Waals surface area (Å²) in [6.07, 6.45) is 3.71. The standard InChI is InChI=1S/C10H20N2O2S/c1-2-8-15(13,14)12-7-3-6-11-9-10(12)4-5-10/h11H,2-9H2,1H3. The van der Waals surface area contributed by atoms with Crippen LogP contribution >= 0.6 is 0 Å². The van der Waals surface area contributed by atoms with E-state index in [1.54, 1.807) is 4.31 Å². The monoisotopic (exact) mass is 232 g/mol. The Labute approximate surface area is 92.1 Å². The normalized spacial score (nSPS) is 26.5. The van der Waals surface area contributed by atoms with Gasteiger partial charge in [0.1, 0.15) is 0 Å². The second kappa shape index (κ2) is 4.03. The van der Waals surface area contributed by atoms with E-state index in [9.17, 15) is 8.42 Å². The van der Waals surface area contributed by atoms with Crippen LogP contribution in [0.15, 0.2) is 0 Å². The fraction of sp³-hybridized carbons (Fsp3) is 1.00. The van der Waals surface area contributed by atoms with Crippen LogP contribution in [0.4, 0.5) is 0 Å². The summed E-state index contributed by atoms with van der Waals surface area (Å²) in [4.78, 5) is 0. The van der Waals surface area contributed by atoms with Gasteiger partial charge in [0.2, 0.25) is 10.0 Å². The minimum atomic E-state index is -3.01. The molecule has 1 aliphatic carbocycles. The van der Waals surface area contributed by atoms with Crippen LogP contribution in [-0.4, -0.2) is 43.6 Å². The molecule has 0 bridgehead atoms. The van der Waals surface area contributed by atoms with Crippen LogP contribution in [-0.2, 0) is 10.0 Å². The van der Waals surface area contributed by atoms with Gasteiger partial charge < -0.3 is 5.32 Å². The predicted molar refractivity (Wildman–Crippen MR) is 60.2 cm³/mol. The van der Waals surface area contributed by atoms with Crippen LogP contribution in [0.1, 0.15) is 32.6 Å². The molecule has 0 amide bonds. The van der Waals surface area contributed by atoms with Crippen molar-refractivity contribution in [3.63, 3.8) is 0 Å². The van der Waals surface area contributed by atoms with Crippen molar-refractivity contribution in [2.24, 2.45) is 0 Å². The third-order valence-electron chi connectivity index (χ3n) is 3.32. The number of nitrogens with one attached hydrogen (secondary N) is 1. The maximum atomic E-state index is 12.1. The molecular formula is C10H20N2O2S. The van der Waals surface area contributed by atoms with Gasteiger partial charge in [0.15, 0.2) is 0 Å². The van der Waals surface area contributed by atoms with E-state index >= 15 is 0 Å². The Morgan fingerprint density at radius 3 is 2.73 bits per heavy atom. The molecule has 1 heterocycles. The lowest BCUT2D eigenvalue weighted by atomic mass is 10.3. The Morgan fingerprint density at radius 2 is 2.13 bits per heavy atom. The zero-order chi connectivity index (χ0) is 10.9. The largest absolute Gasteiger partial charge is 0.315 e. The number of hydrogen-bond acceptors (Lipinski definition) is 3. The van der Waals surface area contributed by atoms with Crippen LogP contribution in [0.5, 0.6) is 0 Å². The number of sulfonamides is 1. The van der Waals surface area contributed by atoms with Crippen molar-refractivity contribution in [1.82, 2.24) is 9.62 Å². The Kier molecular flexibility index (Phi) is 3.05. The van der Waals surface area contributed by atoms with E-state index in [-0.39, 0.29) is 5.54 Å². The van der Waals surface area contributed by atoms with E-state index in [1.165, 1.54) is 0 Å². The smallest absolute Gasteiger partial charge is 0.214 e. The van der Waals surface area contributed by atoms with Crippen molar-refractivity contribution in [3.8, 4) is 0 Å². The van der Waals surface area contributed by atoms with Gasteiger partial charge in [-0.1, -0.05) is 6.92 Å². The maximum Gasteiger partial charge on any atom is 0.214 e. The lowest BCUT2D eigenvalue weighted by Crippen LogP contribution is -2.46. The molecule has 2 fully saturated rings. The van der Waals surface area contributed by atoms with E-state index < -0.39 is 10.0 Å². The highest BCUT2D eigenvalue weighted by Crippen LogP contribution is 2.43. The molecular weight excluding hydrogens is 212 g/mol. The van der Waals surface area contributed by atoms with Crippen LogP contribution < -0.4 is 5.32 Å². The first-order valence-corrected chi connectivity index (χ1v) is 7.43. The maximum absolute atomic E-state index is 12.1. The summed E-state index contributed by atoms with van der Waals surface area (Å²) in [7, 11) is -3.01. The second-order valence-corrected chi connectivity index (χ2v) is 6.66. The molecule has 0 aromatic heterocycles. The van der Waals surface area contributed by atoms with E-state index in [0.29, 0.717) is 18.7 Å². The second-order valence-electron chi connectivity index (χ2n) is 4.64. The van der Waals surface area contributed by atoms with E-state index in [1.807, 2.05) is 6.92 Å². The van der Waals surface area contributed by atoms with E-state index in [0.717, 1.165) is 32.4 Å². The molecule has 2 aliphatic rings. The first-order valence-electron chi connectivity index (χ1n) is 5.82. The van der Waals surface area contributed by atoms with Gasteiger partial charge in [0, 0.05) is 18.6 Å². The van der Waals surface area contributed by atoms with Crippen LogP contribution in [0, 0.1) is 0 Å². The van der Waals surface area contributed by atoms with Crippen molar-refractivity contribution in [3.05, 3.63) is 0 Å². The fourth-order valence-corrected chi connectivity index (χ4v) is 4.35. The summed E-state index contributed by atoms with van der Waals surface area (Å²) in [5.74, 6) is 0.300. The molecule has 1 saturated carbocycles. The minimum Gasteiger partial charge on any atom is -0.315 e. The Balaban J connectivity index is 2.18. The Morgan fingerprint density at radius 1 is 1.40 bits per heavy atom. The lowest BCUT2D eigenvalue weighted by Gasteiger charge is -2.28. The quantitative estimate of drug-likeness (QED) is 0.773. The van der Waals surface area contributed by atoms with Gasteiger partial charge in [-0.3, -0.25) is 0 Å². The zero-order valence-electron chi connectivity index (χ0n) is 9.33. The Hall–Kier alpha value is -0.130. The van der Waals surface area contributed by atoms with Crippen molar-refractivity contribution in [1.29, 1.82) is 0 Å². The molecule has 0 radical (unpaired) electrons. The average Bonchev–Trinajstić information content (AvgIpc) is 2.94. The van der Waals surface area contributed by atoms with Gasteiger partial charge in [0.25, 0.3) is 0 Å². The number of rotatable bonds is 3. The third kappa shape index (κ3) is 2.19. The van der Waals surface area contributed by atoms with Gasteiger partial charge in [-0.05, 0) is 32.2 Å². The van der Waals surface area contributed by atoms with Crippen molar-refractivity contribution < 1.29 is 8.42 Å². The van der Waals surface area contributed by atoms with E-state index in [2.05, 4.69) is 5.32 Å². The Bertz CT molecular complexity index is 322. The molecule has 15 heavy (non-hydrogen) atoms. The van der Waals surface area contributed by atoms with Gasteiger partial charge in [-0.2, -0.15) is 4.31 Å². The fourth-order valence-electron chi connectivity index (χ4n) is 2.37. The molecule has 0 atom stereocenters. The highest BCUT2D eigenvalue weighted by atomic mass is 32.2. The van der Waals surface area contributed by atoms with Crippen molar-refractivity contribution in [2.75, 3.05) is 25.4 Å². The molecule has 0 aromatic rings. The summed E-state index contributed by atoms with van der Waals surface area (Å²) in [5, 5.41) is 3.34. The SMILES string of the molecule is CCCS(=O)(=O)N1CCCNCC12CC2. The average molecular weight is 232 g/mol. The zero-order valence-corrected chi connectivity index (χ0v) is 10.1. The third-order valence-corrected chi connectivity index (χ3v) is 5.49. The first kappa shape index (κ1) is 11.4. The van der Waals surface area contributed by atoms with Gasteiger partial charge in [0.05, 0.1) is 5.75 Å². The molecule has 0 aromatic carbocycles. The molecule has 1 spiro atoms. The summed E-state index contributed by atoms with van der Waals surface area (Å²) < 4.78 is 26.0. The van der Waals surface area contributed by atoms with Crippen LogP contribution in [0.3, 0.4) is 0 Å². The van der Waals surface area contributed by atoms with E-state index in [4.69, 9.17) is 0 Å². The van der Waals surface area contributed by atoms with Gasteiger partial charge in [-0.25, -0.2) is 8.42 Å². The summed E-state index contributed by atoms with van der Waals surface area (Å²) >= 11 is 0. The molecule has 5 heteroatoms. The van der Waals surface area contributed by atoms with Gasteiger partial charge >= 0.3 is 0 Å². The highest BCUT2D eigenvalue weighted by molar-refractivity contribution is 7.89. The molecule has 1 N–H and O–H groups in total. The van der Waals surface area contributed by atoms with Crippen LogP contribution in [0.25, 0.3) is 0 Å². The van der Waals surface area contributed by atoms with Gasteiger partial charge in [-0.15, -0.1) is 0 Å². The lowest BCUT2D eigenvalue weighted by molar-refractivity contribution is 0.315. The molecule has 2 rings (SSSR count). The molecule has 88 valence electrons. The minimum absolute atomic E-state index is 0.0511. The summed E-state index contributed by atoms with van der Waals surface area (Å²) in [6.45, 7) is 4.42. The van der Waals surface area contributed by atoms with Crippen molar-refractivity contribution >= 4 is 10.0 Å². The molecule has 1 aliphatic heterocycles. The molecule has 4 nitrogen and oxygen atoms in total. The predicted octanol–water partition coefficient (Wildman–Crippen LogP) is 0.554. The molecule has 1 saturated heterocycles. The number of nitrogens with zero attached hydrogens (tertiary/aromatic N) is 1. The topological polar surface area (TPSA) is 49.4 Å². The number of hydrogen-bond donors (Lipinski definition) is 1. The summed E-state index contributed by atoms with van der Waals surface area (Å²) in [5.41, 5.74) is -0.0511. The highest BCUT2D eigenvalue weighted by Gasteiger charge is 2.52. The van der Waals surface area contributed by atoms with Crippen molar-refractivity contribution in [2.45, 2.75) is 38.1 Å². The first-order chi connectivity index (χ1) is 7.11. The molecule has 0 unspecified atom stereocenters. The van der Waals surface area contributed by atoms with Crippen LogP contribution in [0.2, 0.25) is 0 Å². The summed E-state index contributed by atoms with van der Waals surface area (Å²) in [6, 6.07) is 0.